The van der Waals surface area contributed by atoms with Crippen LogP contribution >= 0.6 is 0 Å². The van der Waals surface area contributed by atoms with Crippen molar-refractivity contribution >= 4 is 16.0 Å². The topological polar surface area (TPSA) is 94.9 Å². The molecule has 0 unspecified atom stereocenters. The molecule has 7 heteroatoms. The number of carboxylic acids is 1. The van der Waals surface area contributed by atoms with Crippen LogP contribution in [0.15, 0.2) is 24.3 Å². The molecule has 6 nitrogen and oxygen atoms in total. The summed E-state index contributed by atoms with van der Waals surface area (Å²) in [6.07, 6.45) is -0.424. The highest BCUT2D eigenvalue weighted by Crippen LogP contribution is 2.14. The number of hydrogen-bond acceptors (Lipinski definition) is 4. The molecule has 0 amide bonds. The van der Waals surface area contributed by atoms with E-state index in [-0.39, 0.29) is 12.3 Å². The Morgan fingerprint density at radius 3 is 2.61 bits per heavy atom. The van der Waals surface area contributed by atoms with Gasteiger partial charge in [-0.05, 0) is 17.7 Å². The molecule has 0 bridgehead atoms. The Bertz CT molecular complexity index is 526. The molecule has 0 spiro atoms. The number of phenolic OH excluding ortho intramolecular Hbond substituents is 1. The maximum absolute atomic E-state index is 11.7. The molecule has 1 aromatic carbocycles. The minimum atomic E-state index is -3.60. The van der Waals surface area contributed by atoms with Crippen LogP contribution in [-0.4, -0.2) is 41.7 Å². The second-order valence-electron chi connectivity index (χ2n) is 3.89. The van der Waals surface area contributed by atoms with Crippen molar-refractivity contribution in [2.75, 3.05) is 12.8 Å². The van der Waals surface area contributed by atoms with Gasteiger partial charge in [0, 0.05) is 13.6 Å². The minimum absolute atomic E-state index is 0.0591. The van der Waals surface area contributed by atoms with Crippen molar-refractivity contribution in [3.05, 3.63) is 29.8 Å². The lowest BCUT2D eigenvalue weighted by molar-refractivity contribution is -0.136. The minimum Gasteiger partial charge on any atom is -0.508 e. The smallest absolute Gasteiger partial charge is 0.304 e. The van der Waals surface area contributed by atoms with Crippen molar-refractivity contribution < 1.29 is 23.4 Å². The summed E-state index contributed by atoms with van der Waals surface area (Å²) in [5, 5.41) is 17.7. The molecule has 0 fully saturated rings. The van der Waals surface area contributed by atoms with Gasteiger partial charge in [-0.2, -0.15) is 0 Å². The number of nitrogens with zero attached hydrogens (tertiary/aromatic N) is 1. The first-order valence-electron chi connectivity index (χ1n) is 5.25. The van der Waals surface area contributed by atoms with E-state index in [1.54, 1.807) is 12.1 Å². The fourth-order valence-electron chi connectivity index (χ4n) is 1.38. The van der Waals surface area contributed by atoms with Gasteiger partial charge in [-0.25, -0.2) is 12.7 Å². The zero-order chi connectivity index (χ0) is 13.8. The zero-order valence-electron chi connectivity index (χ0n) is 9.91. The maximum atomic E-state index is 11.7. The van der Waals surface area contributed by atoms with Crippen LogP contribution in [0.5, 0.6) is 5.75 Å². The Hall–Kier alpha value is -1.60. The largest absolute Gasteiger partial charge is 0.508 e. The van der Waals surface area contributed by atoms with E-state index in [0.29, 0.717) is 5.56 Å². The van der Waals surface area contributed by atoms with Crippen molar-refractivity contribution in [3.63, 3.8) is 0 Å². The van der Waals surface area contributed by atoms with Gasteiger partial charge < -0.3 is 10.2 Å². The summed E-state index contributed by atoms with van der Waals surface area (Å²) < 4.78 is 24.5. The SMILES string of the molecule is CN(Cc1cccc(O)c1)S(=O)(=O)CCC(=O)O. The van der Waals surface area contributed by atoms with Crippen LogP contribution in [0, 0.1) is 0 Å². The van der Waals surface area contributed by atoms with E-state index >= 15 is 0 Å². The standard InChI is InChI=1S/C11H15NO5S/c1-12(18(16,17)6-5-11(14)15)8-9-3-2-4-10(13)7-9/h2-4,7,13H,5-6,8H2,1H3,(H,14,15). The molecule has 1 aromatic rings. The van der Waals surface area contributed by atoms with Crippen molar-refractivity contribution in [1.29, 1.82) is 0 Å². The van der Waals surface area contributed by atoms with E-state index in [1.807, 2.05) is 0 Å². The maximum Gasteiger partial charge on any atom is 0.304 e. The number of aliphatic carboxylic acids is 1. The highest BCUT2D eigenvalue weighted by molar-refractivity contribution is 7.89. The molecule has 0 radical (unpaired) electrons. The lowest BCUT2D eigenvalue weighted by Crippen LogP contribution is -2.29. The molecule has 0 atom stereocenters. The quantitative estimate of drug-likeness (QED) is 0.792. The monoisotopic (exact) mass is 273 g/mol. The third kappa shape index (κ3) is 4.34. The predicted octanol–water partition coefficient (Wildman–Crippen LogP) is 0.629. The predicted molar refractivity (Wildman–Crippen MR) is 65.6 cm³/mol. The summed E-state index contributed by atoms with van der Waals surface area (Å²) in [4.78, 5) is 10.4. The summed E-state index contributed by atoms with van der Waals surface area (Å²) in [6, 6.07) is 6.25. The first-order valence-corrected chi connectivity index (χ1v) is 6.86. The number of sulfonamides is 1. The number of carboxylic acid groups (broad SMARTS) is 1. The number of hydrogen-bond donors (Lipinski definition) is 2. The van der Waals surface area contributed by atoms with E-state index in [1.165, 1.54) is 19.2 Å². The number of rotatable bonds is 6. The highest BCUT2D eigenvalue weighted by Gasteiger charge is 2.19. The van der Waals surface area contributed by atoms with Gasteiger partial charge in [-0.1, -0.05) is 12.1 Å². The van der Waals surface area contributed by atoms with Crippen LogP contribution in [-0.2, 0) is 21.4 Å². The number of benzene rings is 1. The second-order valence-corrected chi connectivity index (χ2v) is 6.08. The summed E-state index contributed by atoms with van der Waals surface area (Å²) in [5.41, 5.74) is 0.636. The second kappa shape index (κ2) is 5.83. The normalized spacial score (nSPS) is 11.7. The van der Waals surface area contributed by atoms with Crippen molar-refractivity contribution in [1.82, 2.24) is 4.31 Å². The van der Waals surface area contributed by atoms with E-state index < -0.39 is 28.2 Å². The molecule has 0 aliphatic rings. The summed E-state index contributed by atoms with van der Waals surface area (Å²) >= 11 is 0. The molecule has 0 saturated carbocycles. The third-order valence-electron chi connectivity index (χ3n) is 2.36. The molecule has 0 aliphatic heterocycles. The third-order valence-corrected chi connectivity index (χ3v) is 4.16. The van der Waals surface area contributed by atoms with Crippen LogP contribution in [0.4, 0.5) is 0 Å². The van der Waals surface area contributed by atoms with Crippen molar-refractivity contribution in [2.24, 2.45) is 0 Å². The average Bonchev–Trinajstić information content (AvgIpc) is 2.26. The summed E-state index contributed by atoms with van der Waals surface area (Å²) in [7, 11) is -2.22. The lowest BCUT2D eigenvalue weighted by Gasteiger charge is -2.16. The molecule has 1 rings (SSSR count). The Labute approximate surface area is 106 Å². The Kier molecular flexibility index (Phi) is 4.69. The van der Waals surface area contributed by atoms with Crippen molar-refractivity contribution in [2.45, 2.75) is 13.0 Å². The number of phenols is 1. The lowest BCUT2D eigenvalue weighted by atomic mass is 10.2. The molecule has 0 heterocycles. The highest BCUT2D eigenvalue weighted by atomic mass is 32.2. The molecular formula is C11H15NO5S. The molecular weight excluding hydrogens is 258 g/mol. The van der Waals surface area contributed by atoms with E-state index in [2.05, 4.69) is 0 Å². The van der Waals surface area contributed by atoms with Gasteiger partial charge in [-0.15, -0.1) is 0 Å². The van der Waals surface area contributed by atoms with Crippen molar-refractivity contribution in [3.8, 4) is 5.75 Å². The van der Waals surface area contributed by atoms with Crippen LogP contribution in [0.1, 0.15) is 12.0 Å². The van der Waals surface area contributed by atoms with Crippen LogP contribution in [0.2, 0.25) is 0 Å². The molecule has 18 heavy (non-hydrogen) atoms. The van der Waals surface area contributed by atoms with Gasteiger partial charge in [0.05, 0.1) is 12.2 Å². The summed E-state index contributed by atoms with van der Waals surface area (Å²) in [6.45, 7) is 0.0936. The molecule has 0 aliphatic carbocycles. The van der Waals surface area contributed by atoms with E-state index in [9.17, 15) is 18.3 Å². The number of carbonyl (C=O) groups is 1. The fourth-order valence-corrected chi connectivity index (χ4v) is 2.47. The first kappa shape index (κ1) is 14.5. The van der Waals surface area contributed by atoms with Crippen LogP contribution in [0.3, 0.4) is 0 Å². The van der Waals surface area contributed by atoms with Gasteiger partial charge in [0.25, 0.3) is 0 Å². The van der Waals surface area contributed by atoms with E-state index in [4.69, 9.17) is 5.11 Å². The summed E-state index contributed by atoms with van der Waals surface area (Å²) in [5.74, 6) is -1.52. The van der Waals surface area contributed by atoms with Gasteiger partial charge in [0.1, 0.15) is 5.75 Å². The fraction of sp³-hybridized carbons (Fsp3) is 0.364. The Balaban J connectivity index is 2.70. The van der Waals surface area contributed by atoms with Gasteiger partial charge in [0.2, 0.25) is 10.0 Å². The molecule has 2 N–H and O–H groups in total. The zero-order valence-corrected chi connectivity index (χ0v) is 10.7. The number of aromatic hydroxyl groups is 1. The Morgan fingerprint density at radius 1 is 1.39 bits per heavy atom. The average molecular weight is 273 g/mol. The van der Waals surface area contributed by atoms with Crippen LogP contribution < -0.4 is 0 Å². The first-order chi connectivity index (χ1) is 8.31. The molecule has 0 aromatic heterocycles. The van der Waals surface area contributed by atoms with Gasteiger partial charge in [-0.3, -0.25) is 4.79 Å². The Morgan fingerprint density at radius 2 is 2.06 bits per heavy atom. The van der Waals surface area contributed by atoms with Gasteiger partial charge in [0.15, 0.2) is 0 Å². The molecule has 0 saturated heterocycles. The molecule has 100 valence electrons. The van der Waals surface area contributed by atoms with E-state index in [0.717, 1.165) is 4.31 Å². The van der Waals surface area contributed by atoms with Crippen LogP contribution in [0.25, 0.3) is 0 Å². The van der Waals surface area contributed by atoms with Gasteiger partial charge >= 0.3 is 5.97 Å².